The van der Waals surface area contributed by atoms with Gasteiger partial charge >= 0.3 is 0 Å². The van der Waals surface area contributed by atoms with Gasteiger partial charge in [-0.15, -0.1) is 0 Å². The van der Waals surface area contributed by atoms with Gasteiger partial charge in [-0.25, -0.2) is 4.39 Å². The van der Waals surface area contributed by atoms with Crippen LogP contribution in [0.4, 0.5) is 14.9 Å². The van der Waals surface area contributed by atoms with Gasteiger partial charge in [0.05, 0.1) is 16.7 Å². The fourth-order valence-electron chi connectivity index (χ4n) is 2.48. The molecule has 8 heteroatoms. The van der Waals surface area contributed by atoms with Crippen LogP contribution in [0.15, 0.2) is 42.5 Å². The van der Waals surface area contributed by atoms with Crippen LogP contribution >= 0.6 is 11.8 Å². The van der Waals surface area contributed by atoms with E-state index < -0.39 is 17.6 Å². The second kappa shape index (κ2) is 7.37. The first kappa shape index (κ1) is 17.6. The van der Waals surface area contributed by atoms with Gasteiger partial charge in [-0.1, -0.05) is 23.9 Å². The van der Waals surface area contributed by atoms with Gasteiger partial charge in [-0.05, 0) is 30.3 Å². The highest BCUT2D eigenvalue weighted by atomic mass is 32.2. The third-order valence-electron chi connectivity index (χ3n) is 3.75. The van der Waals surface area contributed by atoms with E-state index in [9.17, 15) is 18.8 Å². The molecule has 6 nitrogen and oxygen atoms in total. The molecule has 3 amide bonds. The van der Waals surface area contributed by atoms with Gasteiger partial charge in [-0.3, -0.25) is 19.3 Å². The van der Waals surface area contributed by atoms with Crippen molar-refractivity contribution in [2.75, 3.05) is 17.6 Å². The molecular weight excluding hydrogens is 357 g/mol. The summed E-state index contributed by atoms with van der Waals surface area (Å²) in [6.07, 6.45) is 0. The van der Waals surface area contributed by atoms with E-state index in [1.54, 1.807) is 18.2 Å². The van der Waals surface area contributed by atoms with E-state index in [2.05, 4.69) is 5.32 Å². The molecule has 1 aliphatic rings. The molecule has 2 aromatic rings. The van der Waals surface area contributed by atoms with E-state index in [-0.39, 0.29) is 27.6 Å². The molecule has 2 aromatic carbocycles. The van der Waals surface area contributed by atoms with E-state index in [0.717, 1.165) is 22.7 Å². The van der Waals surface area contributed by atoms with E-state index >= 15 is 0 Å². The lowest BCUT2D eigenvalue weighted by Gasteiger charge is -2.15. The molecular formula is C18H12FN3O3S. The zero-order valence-electron chi connectivity index (χ0n) is 13.4. The van der Waals surface area contributed by atoms with Crippen LogP contribution in [-0.2, 0) is 0 Å². The van der Waals surface area contributed by atoms with Crippen LogP contribution in [0.2, 0.25) is 0 Å². The molecule has 1 heterocycles. The third kappa shape index (κ3) is 3.43. The van der Waals surface area contributed by atoms with Crippen molar-refractivity contribution < 1.29 is 18.8 Å². The number of carbonyl (C=O) groups excluding carboxylic acids is 3. The van der Waals surface area contributed by atoms with Crippen LogP contribution in [0.5, 0.6) is 0 Å². The maximum Gasteiger partial charge on any atom is 0.288 e. The molecule has 1 N–H and O–H groups in total. The number of amides is 3. The van der Waals surface area contributed by atoms with Gasteiger partial charge in [0.1, 0.15) is 11.9 Å². The maximum atomic E-state index is 13.4. The molecule has 1 aliphatic heterocycles. The molecule has 3 rings (SSSR count). The van der Waals surface area contributed by atoms with Crippen molar-refractivity contribution in [3.8, 4) is 6.07 Å². The van der Waals surface area contributed by atoms with Crippen molar-refractivity contribution >= 4 is 34.5 Å². The Morgan fingerprint density at radius 2 is 1.92 bits per heavy atom. The number of thioether (sulfide) groups is 1. The molecule has 0 atom stereocenters. The highest BCUT2D eigenvalue weighted by Crippen LogP contribution is 2.22. The van der Waals surface area contributed by atoms with E-state index in [4.69, 9.17) is 5.26 Å². The Kier molecular flexibility index (Phi) is 5.00. The Morgan fingerprint density at radius 3 is 2.58 bits per heavy atom. The second-order valence-corrected chi connectivity index (χ2v) is 6.42. The summed E-state index contributed by atoms with van der Waals surface area (Å²) < 4.78 is 13.4. The monoisotopic (exact) mass is 369 g/mol. The molecule has 0 spiro atoms. The minimum Gasteiger partial charge on any atom is -0.322 e. The number of hydrogen-bond donors (Lipinski definition) is 1. The van der Waals surface area contributed by atoms with Crippen LogP contribution in [0.1, 0.15) is 26.3 Å². The number of nitriles is 1. The number of imide groups is 1. The zero-order valence-corrected chi connectivity index (χ0v) is 14.2. The lowest BCUT2D eigenvalue weighted by atomic mass is 10.1. The molecule has 26 heavy (non-hydrogen) atoms. The fraction of sp³-hybridized carbons (Fsp3) is 0.111. The summed E-state index contributed by atoms with van der Waals surface area (Å²) in [4.78, 5) is 38.0. The SMILES string of the molecule is N#Cc1cc(NC(=O)c2ccccc2C(=O)N2CCSC2=O)ccc1F. The Hall–Kier alpha value is -3.18. The van der Waals surface area contributed by atoms with Gasteiger partial charge < -0.3 is 5.32 Å². The largest absolute Gasteiger partial charge is 0.322 e. The summed E-state index contributed by atoms with van der Waals surface area (Å²) in [7, 11) is 0. The van der Waals surface area contributed by atoms with Crippen LogP contribution in [0.25, 0.3) is 0 Å². The Morgan fingerprint density at radius 1 is 1.19 bits per heavy atom. The molecule has 130 valence electrons. The Bertz CT molecular complexity index is 955. The minimum atomic E-state index is -0.689. The summed E-state index contributed by atoms with van der Waals surface area (Å²) in [6, 6.07) is 11.4. The van der Waals surface area contributed by atoms with Crippen molar-refractivity contribution in [3.63, 3.8) is 0 Å². The van der Waals surface area contributed by atoms with Gasteiger partial charge in [0.15, 0.2) is 0 Å². The lowest BCUT2D eigenvalue weighted by Crippen LogP contribution is -2.32. The van der Waals surface area contributed by atoms with Crippen LogP contribution in [0, 0.1) is 17.1 Å². The zero-order chi connectivity index (χ0) is 18.7. The summed E-state index contributed by atoms with van der Waals surface area (Å²) in [5.41, 5.74) is 0.211. The number of nitrogens with zero attached hydrogens (tertiary/aromatic N) is 2. The van der Waals surface area contributed by atoms with Crippen molar-refractivity contribution in [1.82, 2.24) is 4.90 Å². The third-order valence-corrected chi connectivity index (χ3v) is 4.61. The van der Waals surface area contributed by atoms with Crippen molar-refractivity contribution in [3.05, 3.63) is 65.0 Å². The predicted octanol–water partition coefficient (Wildman–Crippen LogP) is 3.26. The molecule has 0 bridgehead atoms. The first-order valence-electron chi connectivity index (χ1n) is 7.60. The number of benzene rings is 2. The van der Waals surface area contributed by atoms with Crippen LogP contribution in [-0.4, -0.2) is 34.3 Å². The van der Waals surface area contributed by atoms with Gasteiger partial charge in [-0.2, -0.15) is 5.26 Å². The topological polar surface area (TPSA) is 90.3 Å². The number of hydrogen-bond acceptors (Lipinski definition) is 5. The predicted molar refractivity (Wildman–Crippen MR) is 94.4 cm³/mol. The number of halogens is 1. The highest BCUT2D eigenvalue weighted by molar-refractivity contribution is 8.13. The highest BCUT2D eigenvalue weighted by Gasteiger charge is 2.30. The molecule has 1 fully saturated rings. The molecule has 0 aliphatic carbocycles. The maximum absolute atomic E-state index is 13.4. The number of nitrogens with one attached hydrogen (secondary N) is 1. The van der Waals surface area contributed by atoms with Crippen LogP contribution in [0.3, 0.4) is 0 Å². The number of anilines is 1. The van der Waals surface area contributed by atoms with Gasteiger partial charge in [0.25, 0.3) is 17.1 Å². The summed E-state index contributed by atoms with van der Waals surface area (Å²) >= 11 is 1.05. The first-order chi connectivity index (χ1) is 12.5. The smallest absolute Gasteiger partial charge is 0.288 e. The second-order valence-electron chi connectivity index (χ2n) is 5.38. The Labute approximate surface area is 152 Å². The standard InChI is InChI=1S/C18H12FN3O3S/c19-15-6-5-12(9-11(15)10-20)21-16(23)13-3-1-2-4-14(13)17(24)22-7-8-26-18(22)25/h1-6,9H,7-8H2,(H,21,23). The average molecular weight is 369 g/mol. The lowest BCUT2D eigenvalue weighted by molar-refractivity contribution is 0.0826. The normalized spacial score (nSPS) is 13.4. The fourth-order valence-corrected chi connectivity index (χ4v) is 3.26. The molecule has 0 saturated carbocycles. The number of carbonyl (C=O) groups is 3. The molecule has 0 unspecified atom stereocenters. The summed E-state index contributed by atoms with van der Waals surface area (Å²) in [5, 5.41) is 11.1. The van der Waals surface area contributed by atoms with E-state index in [1.165, 1.54) is 24.3 Å². The van der Waals surface area contributed by atoms with Crippen LogP contribution < -0.4 is 5.32 Å². The summed E-state index contributed by atoms with van der Waals surface area (Å²) in [5.74, 6) is -1.30. The van der Waals surface area contributed by atoms with Crippen molar-refractivity contribution in [2.24, 2.45) is 0 Å². The van der Waals surface area contributed by atoms with Crippen molar-refractivity contribution in [1.29, 1.82) is 5.26 Å². The molecule has 0 aromatic heterocycles. The summed E-state index contributed by atoms with van der Waals surface area (Å²) in [6.45, 7) is 0.293. The minimum absolute atomic E-state index is 0.0880. The Balaban J connectivity index is 1.88. The molecule has 0 radical (unpaired) electrons. The van der Waals surface area contributed by atoms with Gasteiger partial charge in [0.2, 0.25) is 0 Å². The first-order valence-corrected chi connectivity index (χ1v) is 8.58. The van der Waals surface area contributed by atoms with E-state index in [0.29, 0.717) is 12.3 Å². The van der Waals surface area contributed by atoms with Gasteiger partial charge in [0, 0.05) is 18.0 Å². The molecule has 1 saturated heterocycles. The number of rotatable bonds is 3. The van der Waals surface area contributed by atoms with E-state index in [1.807, 2.05) is 0 Å². The average Bonchev–Trinajstić information content (AvgIpc) is 3.08. The van der Waals surface area contributed by atoms with Crippen molar-refractivity contribution in [2.45, 2.75) is 0 Å². The quantitative estimate of drug-likeness (QED) is 0.897.